The summed E-state index contributed by atoms with van der Waals surface area (Å²) >= 11 is 0. The van der Waals surface area contributed by atoms with Crippen molar-refractivity contribution < 1.29 is 48.2 Å². The average molecular weight is 553 g/mol. The number of hydrogen-bond donors (Lipinski definition) is 0. The summed E-state index contributed by atoms with van der Waals surface area (Å²) in [5.41, 5.74) is -5.38. The van der Waals surface area contributed by atoms with E-state index in [1.807, 2.05) is 27.7 Å². The molecular weight excluding hydrogens is 513 g/mol. The van der Waals surface area contributed by atoms with Crippen LogP contribution in [0.2, 0.25) is 22.2 Å². The van der Waals surface area contributed by atoms with E-state index in [0.717, 1.165) is 0 Å². The normalized spacial score (nSPS) is 30.1. The van der Waals surface area contributed by atoms with Crippen molar-refractivity contribution in [3.05, 3.63) is 0 Å². The molecule has 0 aromatic heterocycles. The average Bonchev–Trinajstić information content (AvgIpc) is 3.00. The molecular formula is C20H39F3O8SSi2. The van der Waals surface area contributed by atoms with Gasteiger partial charge in [-0.05, 0) is 22.2 Å². The van der Waals surface area contributed by atoms with Crippen LogP contribution >= 0.6 is 0 Å². The first-order chi connectivity index (χ1) is 15.4. The fourth-order valence-corrected chi connectivity index (χ4v) is 16.6. The Morgan fingerprint density at radius 1 is 0.941 bits per heavy atom. The molecule has 0 unspecified atom stereocenters. The lowest BCUT2D eigenvalue weighted by molar-refractivity contribution is -0.142. The minimum Gasteiger partial charge on any atom is -0.414 e. The van der Waals surface area contributed by atoms with Gasteiger partial charge in [0.1, 0.15) is 6.10 Å². The third kappa shape index (κ3) is 5.59. The van der Waals surface area contributed by atoms with Crippen molar-refractivity contribution in [3.8, 4) is 0 Å². The molecule has 8 nitrogen and oxygen atoms in total. The van der Waals surface area contributed by atoms with E-state index in [2.05, 4.69) is 31.9 Å². The molecule has 2 saturated heterocycles. The van der Waals surface area contributed by atoms with Gasteiger partial charge in [0.25, 0.3) is 0 Å². The fraction of sp³-hybridized carbons (Fsp3) is 1.00. The van der Waals surface area contributed by atoms with Crippen LogP contribution in [0.3, 0.4) is 0 Å². The maximum atomic E-state index is 12.9. The van der Waals surface area contributed by atoms with E-state index in [4.69, 9.17) is 22.4 Å². The summed E-state index contributed by atoms with van der Waals surface area (Å²) in [6.07, 6.45) is -2.53. The second-order valence-corrected chi connectivity index (χ2v) is 20.6. The van der Waals surface area contributed by atoms with Gasteiger partial charge in [0.15, 0.2) is 6.29 Å². The van der Waals surface area contributed by atoms with Gasteiger partial charge in [-0.25, -0.2) is 0 Å². The molecule has 0 aliphatic carbocycles. The Morgan fingerprint density at radius 3 is 1.85 bits per heavy atom. The van der Waals surface area contributed by atoms with Crippen molar-refractivity contribution >= 4 is 27.2 Å². The van der Waals surface area contributed by atoms with Crippen LogP contribution in [0, 0.1) is 5.92 Å². The Bertz CT molecular complexity index is 775. The van der Waals surface area contributed by atoms with E-state index >= 15 is 0 Å². The minimum atomic E-state index is -5.78. The van der Waals surface area contributed by atoms with Crippen molar-refractivity contribution in [3.63, 3.8) is 0 Å². The van der Waals surface area contributed by atoms with Crippen LogP contribution < -0.4 is 0 Å². The van der Waals surface area contributed by atoms with Crippen molar-refractivity contribution in [1.82, 2.24) is 0 Å². The van der Waals surface area contributed by atoms with Gasteiger partial charge in [0.05, 0.1) is 25.2 Å². The molecule has 0 aromatic carbocycles. The van der Waals surface area contributed by atoms with Gasteiger partial charge in [-0.1, -0.05) is 55.4 Å². The van der Waals surface area contributed by atoms with Crippen LogP contribution in [-0.2, 0) is 36.7 Å². The zero-order valence-electron chi connectivity index (χ0n) is 21.3. The molecule has 0 radical (unpaired) electrons. The van der Waals surface area contributed by atoms with Gasteiger partial charge in [-0.15, -0.1) is 0 Å². The van der Waals surface area contributed by atoms with Crippen LogP contribution in [-0.4, -0.2) is 69.9 Å². The number of alkyl halides is 3. The Hall–Kier alpha value is -0.0662. The lowest BCUT2D eigenvalue weighted by Gasteiger charge is -2.51. The smallest absolute Gasteiger partial charge is 0.414 e. The molecule has 2 heterocycles. The summed E-state index contributed by atoms with van der Waals surface area (Å²) in [5, 5.41) is 0. The van der Waals surface area contributed by atoms with E-state index in [-0.39, 0.29) is 28.8 Å². The Kier molecular flexibility index (Phi) is 9.52. The quantitative estimate of drug-likeness (QED) is 0.241. The molecule has 0 saturated carbocycles. The summed E-state index contributed by atoms with van der Waals surface area (Å²) in [6, 6.07) is 0. The molecule has 2 aliphatic heterocycles. The largest absolute Gasteiger partial charge is 0.523 e. The van der Waals surface area contributed by atoms with Gasteiger partial charge < -0.3 is 22.4 Å². The SMILES string of the molecule is CO[C@@H]1O[C@@H]2CO[Si](C(C)C)(C(C)C)O[Si](C(C)C)(C(C)C)O[C@H]2[C@H]1COS(=O)(=O)C(F)(F)F. The Labute approximate surface area is 203 Å². The highest BCUT2D eigenvalue weighted by atomic mass is 32.2. The van der Waals surface area contributed by atoms with Crippen molar-refractivity contribution in [2.75, 3.05) is 20.3 Å². The molecule has 14 heteroatoms. The van der Waals surface area contributed by atoms with Crippen LogP contribution in [0.4, 0.5) is 13.2 Å². The molecule has 0 bridgehead atoms. The number of hydrogen-bond acceptors (Lipinski definition) is 8. The summed E-state index contributed by atoms with van der Waals surface area (Å²) in [7, 11) is -10.4. The van der Waals surface area contributed by atoms with Crippen LogP contribution in [0.25, 0.3) is 0 Å². The molecule has 34 heavy (non-hydrogen) atoms. The highest BCUT2D eigenvalue weighted by Gasteiger charge is 2.62. The van der Waals surface area contributed by atoms with Gasteiger partial charge in [0.2, 0.25) is 0 Å². The first-order valence-corrected chi connectivity index (χ1v) is 17.0. The standard InChI is InChI=1S/C20H39F3O8SSi2/c1-12(2)33(13(3)4)28-11-17-18(30-34(31-33,14(5)6)15(7)8)16(19(26-9)29-17)10-27-32(24,25)20(21,22)23/h12-19H,10-11H2,1-9H3/t16-,17-,18+,19-/m1/s1. The van der Waals surface area contributed by atoms with Gasteiger partial charge in [-0.3, -0.25) is 4.18 Å². The summed E-state index contributed by atoms with van der Waals surface area (Å²) < 4.78 is 97.8. The van der Waals surface area contributed by atoms with Gasteiger partial charge in [-0.2, -0.15) is 21.6 Å². The highest BCUT2D eigenvalue weighted by Crippen LogP contribution is 2.48. The second kappa shape index (κ2) is 10.7. The molecule has 0 amide bonds. The highest BCUT2D eigenvalue weighted by molar-refractivity contribution is 7.87. The lowest BCUT2D eigenvalue weighted by Crippen LogP contribution is -2.65. The predicted octanol–water partition coefficient (Wildman–Crippen LogP) is 4.80. The first kappa shape index (κ1) is 30.2. The zero-order valence-corrected chi connectivity index (χ0v) is 24.2. The van der Waals surface area contributed by atoms with Crippen molar-refractivity contribution in [2.24, 2.45) is 5.92 Å². The van der Waals surface area contributed by atoms with Crippen LogP contribution in [0.1, 0.15) is 55.4 Å². The maximum absolute atomic E-state index is 12.9. The minimum absolute atomic E-state index is 0.0266. The third-order valence-corrected chi connectivity index (χ3v) is 18.0. The molecule has 0 aromatic rings. The summed E-state index contributed by atoms with van der Waals surface area (Å²) in [4.78, 5) is 0. The number of rotatable bonds is 8. The zero-order chi connectivity index (χ0) is 26.3. The monoisotopic (exact) mass is 552 g/mol. The third-order valence-electron chi connectivity index (χ3n) is 6.71. The van der Waals surface area contributed by atoms with E-state index in [0.29, 0.717) is 0 Å². The van der Waals surface area contributed by atoms with Crippen molar-refractivity contribution in [2.45, 2.75) is 102 Å². The topological polar surface area (TPSA) is 89.5 Å². The van der Waals surface area contributed by atoms with Crippen LogP contribution in [0.5, 0.6) is 0 Å². The molecule has 0 spiro atoms. The van der Waals surface area contributed by atoms with Gasteiger partial charge in [0, 0.05) is 7.11 Å². The number of methoxy groups -OCH3 is 1. The number of ether oxygens (including phenoxy) is 2. The molecule has 2 aliphatic rings. The van der Waals surface area contributed by atoms with Crippen LogP contribution in [0.15, 0.2) is 0 Å². The molecule has 2 fully saturated rings. The predicted molar refractivity (Wildman–Crippen MR) is 124 cm³/mol. The van der Waals surface area contributed by atoms with Gasteiger partial charge >= 0.3 is 32.7 Å². The maximum Gasteiger partial charge on any atom is 0.523 e. The van der Waals surface area contributed by atoms with E-state index in [1.165, 1.54) is 7.11 Å². The molecule has 202 valence electrons. The Morgan fingerprint density at radius 2 is 1.44 bits per heavy atom. The summed E-state index contributed by atoms with van der Waals surface area (Å²) in [5.74, 6) is -0.934. The van der Waals surface area contributed by atoms with E-state index in [9.17, 15) is 21.6 Å². The summed E-state index contributed by atoms with van der Waals surface area (Å²) in [6.45, 7) is 15.6. The lowest BCUT2D eigenvalue weighted by atomic mass is 10.0. The number of halogens is 3. The fourth-order valence-electron chi connectivity index (χ4n) is 4.86. The Balaban J connectivity index is 2.52. The molecule has 2 rings (SSSR count). The van der Waals surface area contributed by atoms with Crippen molar-refractivity contribution in [1.29, 1.82) is 0 Å². The molecule has 0 N–H and O–H groups in total. The number of fused-ring (bicyclic) bond motifs is 1. The first-order valence-electron chi connectivity index (χ1n) is 11.6. The van der Waals surface area contributed by atoms with E-state index < -0.39 is 63.8 Å². The van der Waals surface area contributed by atoms with E-state index in [1.54, 1.807) is 0 Å². The second-order valence-electron chi connectivity index (χ2n) is 10.2. The molecule has 4 atom stereocenters.